The van der Waals surface area contributed by atoms with E-state index < -0.39 is 0 Å². The summed E-state index contributed by atoms with van der Waals surface area (Å²) in [4.78, 5) is 0. The Bertz CT molecular complexity index is 552. The molecule has 0 unspecified atom stereocenters. The van der Waals surface area contributed by atoms with Crippen LogP contribution in [-0.2, 0) is 13.1 Å². The highest BCUT2D eigenvalue weighted by atomic mass is 16.6. The maximum absolute atomic E-state index is 5.60. The van der Waals surface area contributed by atoms with Crippen molar-refractivity contribution in [3.63, 3.8) is 0 Å². The second-order valence-corrected chi connectivity index (χ2v) is 4.40. The second kappa shape index (κ2) is 5.83. The number of benzene rings is 1. The number of nitrogens with one attached hydrogen (secondary N) is 1. The summed E-state index contributed by atoms with van der Waals surface area (Å²) in [5.41, 5.74) is 1.06. The van der Waals surface area contributed by atoms with Gasteiger partial charge in [-0.05, 0) is 17.7 Å². The van der Waals surface area contributed by atoms with E-state index >= 15 is 0 Å². The Balaban J connectivity index is 1.69. The van der Waals surface area contributed by atoms with Crippen molar-refractivity contribution in [2.24, 2.45) is 0 Å². The highest BCUT2D eigenvalue weighted by Crippen LogP contribution is 2.40. The van der Waals surface area contributed by atoms with Crippen LogP contribution in [0.2, 0.25) is 0 Å². The Morgan fingerprint density at radius 2 is 2.15 bits per heavy atom. The number of nitrogens with zero attached hydrogens (tertiary/aromatic N) is 1. The third-order valence-corrected chi connectivity index (χ3v) is 3.01. The maximum atomic E-state index is 5.60. The summed E-state index contributed by atoms with van der Waals surface area (Å²) in [7, 11) is 1.62. The Hall–Kier alpha value is -2.21. The van der Waals surface area contributed by atoms with Crippen molar-refractivity contribution in [2.75, 3.05) is 20.3 Å². The molecule has 2 heterocycles. The first-order valence-corrected chi connectivity index (χ1v) is 6.43. The van der Waals surface area contributed by atoms with Gasteiger partial charge in [0.1, 0.15) is 19.0 Å². The van der Waals surface area contributed by atoms with Crippen LogP contribution in [0.15, 0.2) is 28.9 Å². The predicted octanol–water partition coefficient (Wildman–Crippen LogP) is 1.74. The minimum absolute atomic E-state index is 0.548. The van der Waals surface area contributed by atoms with E-state index in [1.165, 1.54) is 0 Å². The number of hydrogen-bond donors (Lipinski definition) is 1. The molecule has 1 aromatic carbocycles. The SMILES string of the molecule is COc1cc(CNCc2ccno2)cc2c1OCCO2. The van der Waals surface area contributed by atoms with Crippen molar-refractivity contribution in [1.29, 1.82) is 0 Å². The van der Waals surface area contributed by atoms with E-state index in [-0.39, 0.29) is 0 Å². The van der Waals surface area contributed by atoms with Crippen LogP contribution < -0.4 is 19.5 Å². The van der Waals surface area contributed by atoms with Gasteiger partial charge in [0.15, 0.2) is 11.5 Å². The molecule has 0 saturated heterocycles. The van der Waals surface area contributed by atoms with E-state index in [0.29, 0.717) is 37.8 Å². The standard InChI is InChI=1S/C14H16N2O4/c1-17-12-6-10(7-13-14(12)19-5-4-18-13)8-15-9-11-2-3-16-20-11/h2-3,6-7,15H,4-5,8-9H2,1H3. The summed E-state index contributed by atoms with van der Waals surface area (Å²) in [6.07, 6.45) is 1.63. The highest BCUT2D eigenvalue weighted by molar-refractivity contribution is 5.54. The minimum Gasteiger partial charge on any atom is -0.493 e. The number of rotatable bonds is 5. The molecule has 6 heteroatoms. The molecule has 0 amide bonds. The van der Waals surface area contributed by atoms with E-state index in [2.05, 4.69) is 10.5 Å². The van der Waals surface area contributed by atoms with E-state index in [1.807, 2.05) is 18.2 Å². The van der Waals surface area contributed by atoms with Crippen LogP contribution in [-0.4, -0.2) is 25.5 Å². The molecule has 6 nitrogen and oxygen atoms in total. The third kappa shape index (κ3) is 2.70. The van der Waals surface area contributed by atoms with Crippen molar-refractivity contribution < 1.29 is 18.7 Å². The minimum atomic E-state index is 0.548. The molecule has 20 heavy (non-hydrogen) atoms. The molecule has 1 aliphatic heterocycles. The summed E-state index contributed by atoms with van der Waals surface area (Å²) in [6, 6.07) is 5.74. The average molecular weight is 276 g/mol. The van der Waals surface area contributed by atoms with Gasteiger partial charge in [0.2, 0.25) is 5.75 Å². The maximum Gasteiger partial charge on any atom is 0.203 e. The van der Waals surface area contributed by atoms with Crippen LogP contribution in [0.5, 0.6) is 17.2 Å². The fraction of sp³-hybridized carbons (Fsp3) is 0.357. The van der Waals surface area contributed by atoms with E-state index in [1.54, 1.807) is 13.3 Å². The smallest absolute Gasteiger partial charge is 0.203 e. The van der Waals surface area contributed by atoms with Crippen molar-refractivity contribution in [3.05, 3.63) is 35.7 Å². The monoisotopic (exact) mass is 276 g/mol. The first kappa shape index (κ1) is 12.8. The van der Waals surface area contributed by atoms with Gasteiger partial charge in [-0.3, -0.25) is 0 Å². The van der Waals surface area contributed by atoms with Gasteiger partial charge in [-0.2, -0.15) is 0 Å². The topological polar surface area (TPSA) is 65.8 Å². The van der Waals surface area contributed by atoms with Crippen LogP contribution in [0, 0.1) is 0 Å². The number of methoxy groups -OCH3 is 1. The van der Waals surface area contributed by atoms with Gasteiger partial charge < -0.3 is 24.1 Å². The molecule has 1 aromatic heterocycles. The molecule has 0 bridgehead atoms. The van der Waals surface area contributed by atoms with Crippen LogP contribution in [0.3, 0.4) is 0 Å². The molecule has 106 valence electrons. The van der Waals surface area contributed by atoms with Gasteiger partial charge in [0.25, 0.3) is 0 Å². The summed E-state index contributed by atoms with van der Waals surface area (Å²) < 4.78 is 21.5. The summed E-state index contributed by atoms with van der Waals surface area (Å²) in [6.45, 7) is 2.40. The average Bonchev–Trinajstić information content (AvgIpc) is 2.99. The number of hydrogen-bond acceptors (Lipinski definition) is 6. The fourth-order valence-corrected chi connectivity index (χ4v) is 2.09. The molecular weight excluding hydrogens is 260 g/mol. The molecule has 1 aliphatic rings. The lowest BCUT2D eigenvalue weighted by Crippen LogP contribution is -2.17. The summed E-state index contributed by atoms with van der Waals surface area (Å²) in [5, 5.41) is 6.94. The number of aromatic nitrogens is 1. The summed E-state index contributed by atoms with van der Waals surface area (Å²) in [5.74, 6) is 2.90. The van der Waals surface area contributed by atoms with Gasteiger partial charge in [-0.1, -0.05) is 5.16 Å². The number of fused-ring (bicyclic) bond motifs is 1. The highest BCUT2D eigenvalue weighted by Gasteiger charge is 2.18. The van der Waals surface area contributed by atoms with Gasteiger partial charge in [0, 0.05) is 12.6 Å². The third-order valence-electron chi connectivity index (χ3n) is 3.01. The fourth-order valence-electron chi connectivity index (χ4n) is 2.09. The first-order valence-electron chi connectivity index (χ1n) is 6.43. The van der Waals surface area contributed by atoms with Crippen molar-refractivity contribution in [3.8, 4) is 17.2 Å². The molecule has 0 saturated carbocycles. The quantitative estimate of drug-likeness (QED) is 0.897. The lowest BCUT2D eigenvalue weighted by atomic mass is 10.1. The Morgan fingerprint density at radius 1 is 1.25 bits per heavy atom. The van der Waals surface area contributed by atoms with E-state index in [9.17, 15) is 0 Å². The van der Waals surface area contributed by atoms with Crippen LogP contribution >= 0.6 is 0 Å². The molecular formula is C14H16N2O4. The van der Waals surface area contributed by atoms with Gasteiger partial charge in [0.05, 0.1) is 19.9 Å². The van der Waals surface area contributed by atoms with Crippen LogP contribution in [0.25, 0.3) is 0 Å². The molecule has 1 N–H and O–H groups in total. The Labute approximate surface area is 116 Å². The zero-order valence-electron chi connectivity index (χ0n) is 11.2. The molecule has 0 fully saturated rings. The van der Waals surface area contributed by atoms with Crippen LogP contribution in [0.4, 0.5) is 0 Å². The molecule has 0 radical (unpaired) electrons. The Morgan fingerprint density at radius 3 is 2.95 bits per heavy atom. The van der Waals surface area contributed by atoms with Gasteiger partial charge in [-0.15, -0.1) is 0 Å². The largest absolute Gasteiger partial charge is 0.493 e. The predicted molar refractivity (Wildman–Crippen MR) is 71.0 cm³/mol. The molecule has 0 spiro atoms. The van der Waals surface area contributed by atoms with E-state index in [4.69, 9.17) is 18.7 Å². The molecule has 3 rings (SSSR count). The van der Waals surface area contributed by atoms with Crippen molar-refractivity contribution in [1.82, 2.24) is 10.5 Å². The summed E-state index contributed by atoms with van der Waals surface area (Å²) >= 11 is 0. The molecule has 0 aliphatic carbocycles. The number of ether oxygens (including phenoxy) is 3. The van der Waals surface area contributed by atoms with Gasteiger partial charge in [-0.25, -0.2) is 0 Å². The molecule has 0 atom stereocenters. The van der Waals surface area contributed by atoms with E-state index in [0.717, 1.165) is 17.1 Å². The van der Waals surface area contributed by atoms with Crippen molar-refractivity contribution >= 4 is 0 Å². The Kier molecular flexibility index (Phi) is 3.73. The lowest BCUT2D eigenvalue weighted by Gasteiger charge is -2.21. The lowest BCUT2D eigenvalue weighted by molar-refractivity contribution is 0.165. The first-order chi connectivity index (χ1) is 9.86. The van der Waals surface area contributed by atoms with Gasteiger partial charge >= 0.3 is 0 Å². The zero-order chi connectivity index (χ0) is 13.8. The second-order valence-electron chi connectivity index (χ2n) is 4.40. The van der Waals surface area contributed by atoms with Crippen molar-refractivity contribution in [2.45, 2.75) is 13.1 Å². The van der Waals surface area contributed by atoms with Crippen LogP contribution in [0.1, 0.15) is 11.3 Å². The molecule has 2 aromatic rings. The zero-order valence-corrected chi connectivity index (χ0v) is 11.2. The normalized spacial score (nSPS) is 13.2.